The third-order valence-electron chi connectivity index (χ3n) is 3.96. The molecule has 1 aromatic rings. The first-order valence-corrected chi connectivity index (χ1v) is 8.00. The number of amides is 3. The number of likely N-dealkylation sites (N-methyl/N-ethyl adjacent to an activating group) is 1. The smallest absolute Gasteiger partial charge is 0.315 e. The molecule has 1 heterocycles. The number of benzene rings is 1. The van der Waals surface area contributed by atoms with Crippen molar-refractivity contribution in [1.29, 1.82) is 0 Å². The zero-order valence-electron chi connectivity index (χ0n) is 13.3. The van der Waals surface area contributed by atoms with Crippen LogP contribution in [0.15, 0.2) is 24.3 Å². The Kier molecular flexibility index (Phi) is 5.85. The Morgan fingerprint density at radius 2 is 2.09 bits per heavy atom. The molecule has 0 spiro atoms. The van der Waals surface area contributed by atoms with E-state index in [0.717, 1.165) is 5.56 Å². The number of nitrogens with one attached hydrogen (secondary N) is 2. The van der Waals surface area contributed by atoms with Gasteiger partial charge in [-0.15, -0.1) is 0 Å². The first-order chi connectivity index (χ1) is 10.9. The summed E-state index contributed by atoms with van der Waals surface area (Å²) >= 11 is 5.91. The fourth-order valence-electron chi connectivity index (χ4n) is 2.73. The summed E-state index contributed by atoms with van der Waals surface area (Å²) in [5, 5.41) is 15.4. The highest BCUT2D eigenvalue weighted by Crippen LogP contribution is 2.32. The summed E-state index contributed by atoms with van der Waals surface area (Å²) in [5.74, 6) is -0.0146. The molecule has 126 valence electrons. The Labute approximate surface area is 140 Å². The molecule has 0 bridgehead atoms. The number of carbonyl (C=O) groups excluding carboxylic acids is 2. The summed E-state index contributed by atoms with van der Waals surface area (Å²) in [7, 11) is 1.73. The van der Waals surface area contributed by atoms with E-state index in [2.05, 4.69) is 10.6 Å². The number of likely N-dealkylation sites (tertiary alicyclic amines) is 1. The average Bonchev–Trinajstić information content (AvgIpc) is 2.74. The van der Waals surface area contributed by atoms with Crippen molar-refractivity contribution in [3.8, 4) is 0 Å². The van der Waals surface area contributed by atoms with Gasteiger partial charge in [0, 0.05) is 25.0 Å². The molecule has 6 nitrogen and oxygen atoms in total. The molecule has 3 N–H and O–H groups in total. The van der Waals surface area contributed by atoms with Crippen LogP contribution in [0.1, 0.15) is 31.4 Å². The van der Waals surface area contributed by atoms with E-state index in [1.54, 1.807) is 31.0 Å². The second kappa shape index (κ2) is 7.66. The van der Waals surface area contributed by atoms with Gasteiger partial charge in [0.25, 0.3) is 0 Å². The van der Waals surface area contributed by atoms with Crippen molar-refractivity contribution in [3.05, 3.63) is 34.9 Å². The topological polar surface area (TPSA) is 81.7 Å². The average molecular weight is 340 g/mol. The quantitative estimate of drug-likeness (QED) is 0.763. The lowest BCUT2D eigenvalue weighted by atomic mass is 10.0. The Hall–Kier alpha value is -1.79. The van der Waals surface area contributed by atoms with Crippen LogP contribution in [0.4, 0.5) is 4.79 Å². The highest BCUT2D eigenvalue weighted by atomic mass is 35.5. The second-order valence-corrected chi connectivity index (χ2v) is 6.29. The van der Waals surface area contributed by atoms with Gasteiger partial charge < -0.3 is 20.6 Å². The molecule has 2 rings (SSSR count). The maximum Gasteiger partial charge on any atom is 0.315 e. The van der Waals surface area contributed by atoms with Gasteiger partial charge in [0.1, 0.15) is 0 Å². The molecule has 0 radical (unpaired) electrons. The van der Waals surface area contributed by atoms with Crippen molar-refractivity contribution < 1.29 is 14.7 Å². The normalized spacial score (nSPS) is 22.1. The molecule has 1 aliphatic rings. The van der Waals surface area contributed by atoms with Crippen LogP contribution < -0.4 is 10.6 Å². The van der Waals surface area contributed by atoms with Gasteiger partial charge in [-0.3, -0.25) is 4.79 Å². The third kappa shape index (κ3) is 4.59. The number of hydrogen-bond donors (Lipinski definition) is 3. The molecule has 3 unspecified atom stereocenters. The number of aliphatic hydroxyl groups excluding tert-OH is 1. The lowest BCUT2D eigenvalue weighted by Crippen LogP contribution is -2.45. The molecular weight excluding hydrogens is 318 g/mol. The summed E-state index contributed by atoms with van der Waals surface area (Å²) in [6.07, 6.45) is 0.279. The standard InChI is InChI=1S/C16H22ClN3O3/c1-10(21)7-8-18-16(23)19-13-9-14(22)20(2)15(13)11-3-5-12(17)6-4-11/h3-6,10,13,15,21H,7-9H2,1-2H3,(H2,18,19,23). The van der Waals surface area contributed by atoms with Crippen LogP contribution in [0.25, 0.3) is 0 Å². The maximum absolute atomic E-state index is 12.0. The van der Waals surface area contributed by atoms with Gasteiger partial charge in [-0.25, -0.2) is 4.79 Å². The molecule has 3 atom stereocenters. The Bertz CT molecular complexity index is 562. The summed E-state index contributed by atoms with van der Waals surface area (Å²) < 4.78 is 0. The number of hydrogen-bond acceptors (Lipinski definition) is 3. The van der Waals surface area contributed by atoms with E-state index in [1.165, 1.54) is 0 Å². The van der Waals surface area contributed by atoms with Gasteiger partial charge in [0.15, 0.2) is 0 Å². The zero-order chi connectivity index (χ0) is 17.0. The minimum Gasteiger partial charge on any atom is -0.393 e. The Balaban J connectivity index is 2.02. The summed E-state index contributed by atoms with van der Waals surface area (Å²) in [6, 6.07) is 6.41. The third-order valence-corrected chi connectivity index (χ3v) is 4.21. The highest BCUT2D eigenvalue weighted by Gasteiger charge is 2.39. The maximum atomic E-state index is 12.0. The van der Waals surface area contributed by atoms with Crippen LogP contribution in [-0.4, -0.2) is 47.7 Å². The summed E-state index contributed by atoms with van der Waals surface area (Å²) in [6.45, 7) is 2.05. The monoisotopic (exact) mass is 339 g/mol. The fourth-order valence-corrected chi connectivity index (χ4v) is 2.85. The van der Waals surface area contributed by atoms with Crippen LogP contribution in [0.3, 0.4) is 0 Å². The van der Waals surface area contributed by atoms with E-state index in [-0.39, 0.29) is 30.4 Å². The van der Waals surface area contributed by atoms with Crippen molar-refractivity contribution >= 4 is 23.5 Å². The van der Waals surface area contributed by atoms with E-state index < -0.39 is 6.10 Å². The van der Waals surface area contributed by atoms with E-state index in [1.807, 2.05) is 12.1 Å². The first-order valence-electron chi connectivity index (χ1n) is 7.62. The number of carbonyl (C=O) groups is 2. The van der Waals surface area contributed by atoms with Crippen molar-refractivity contribution in [1.82, 2.24) is 15.5 Å². The van der Waals surface area contributed by atoms with Crippen LogP contribution in [0, 0.1) is 0 Å². The largest absolute Gasteiger partial charge is 0.393 e. The number of urea groups is 1. The van der Waals surface area contributed by atoms with E-state index in [0.29, 0.717) is 18.0 Å². The molecule has 0 aliphatic carbocycles. The molecular formula is C16H22ClN3O3. The molecule has 1 saturated heterocycles. The van der Waals surface area contributed by atoms with Crippen molar-refractivity contribution in [3.63, 3.8) is 0 Å². The van der Waals surface area contributed by atoms with Crippen LogP contribution in [-0.2, 0) is 4.79 Å². The SMILES string of the molecule is CC(O)CCNC(=O)NC1CC(=O)N(C)C1c1ccc(Cl)cc1. The van der Waals surface area contributed by atoms with Crippen LogP contribution >= 0.6 is 11.6 Å². The lowest BCUT2D eigenvalue weighted by Gasteiger charge is -2.26. The van der Waals surface area contributed by atoms with Gasteiger partial charge in [-0.05, 0) is 31.0 Å². The van der Waals surface area contributed by atoms with E-state index >= 15 is 0 Å². The summed E-state index contributed by atoms with van der Waals surface area (Å²) in [4.78, 5) is 25.6. The van der Waals surface area contributed by atoms with Crippen LogP contribution in [0.2, 0.25) is 5.02 Å². The Morgan fingerprint density at radius 1 is 1.43 bits per heavy atom. The van der Waals surface area contributed by atoms with Crippen LogP contribution in [0.5, 0.6) is 0 Å². The molecule has 7 heteroatoms. The van der Waals surface area contributed by atoms with Crippen molar-refractivity contribution in [2.75, 3.05) is 13.6 Å². The van der Waals surface area contributed by atoms with Gasteiger partial charge in [-0.1, -0.05) is 23.7 Å². The van der Waals surface area contributed by atoms with Crippen molar-refractivity contribution in [2.45, 2.75) is 38.0 Å². The predicted molar refractivity (Wildman–Crippen MR) is 88.2 cm³/mol. The molecule has 1 aromatic carbocycles. The first kappa shape index (κ1) is 17.6. The zero-order valence-corrected chi connectivity index (χ0v) is 14.0. The number of nitrogens with zero attached hydrogens (tertiary/aromatic N) is 1. The molecule has 0 aromatic heterocycles. The van der Waals surface area contributed by atoms with E-state index in [4.69, 9.17) is 11.6 Å². The Morgan fingerprint density at radius 3 is 2.70 bits per heavy atom. The minimum absolute atomic E-state index is 0.0146. The number of aliphatic hydroxyl groups is 1. The molecule has 3 amide bonds. The van der Waals surface area contributed by atoms with Gasteiger partial charge >= 0.3 is 6.03 Å². The van der Waals surface area contributed by atoms with Crippen molar-refractivity contribution in [2.24, 2.45) is 0 Å². The molecule has 1 fully saturated rings. The molecule has 1 aliphatic heterocycles. The fraction of sp³-hybridized carbons (Fsp3) is 0.500. The lowest BCUT2D eigenvalue weighted by molar-refractivity contribution is -0.127. The second-order valence-electron chi connectivity index (χ2n) is 5.85. The van der Waals surface area contributed by atoms with Gasteiger partial charge in [0.05, 0.1) is 18.2 Å². The highest BCUT2D eigenvalue weighted by molar-refractivity contribution is 6.30. The van der Waals surface area contributed by atoms with E-state index in [9.17, 15) is 14.7 Å². The predicted octanol–water partition coefficient (Wildman–Crippen LogP) is 1.68. The van der Waals surface area contributed by atoms with Gasteiger partial charge in [-0.2, -0.15) is 0 Å². The summed E-state index contributed by atoms with van der Waals surface area (Å²) in [5.41, 5.74) is 0.928. The minimum atomic E-state index is -0.462. The number of rotatable bonds is 5. The molecule has 0 saturated carbocycles. The number of halogens is 1. The van der Waals surface area contributed by atoms with Gasteiger partial charge in [0.2, 0.25) is 5.91 Å². The molecule has 23 heavy (non-hydrogen) atoms.